The third kappa shape index (κ3) is 3.41. The van der Waals surface area contributed by atoms with E-state index < -0.39 is 0 Å². The maximum absolute atomic E-state index is 4.11. The van der Waals surface area contributed by atoms with Crippen LogP contribution in [0.5, 0.6) is 0 Å². The van der Waals surface area contributed by atoms with Crippen LogP contribution in [0.3, 0.4) is 0 Å². The third-order valence-corrected chi connectivity index (χ3v) is 2.78. The van der Waals surface area contributed by atoms with Crippen LogP contribution in [0.2, 0.25) is 0 Å². The molecule has 0 aliphatic heterocycles. The van der Waals surface area contributed by atoms with Gasteiger partial charge in [-0.05, 0) is 36.0 Å². The zero-order valence-electron chi connectivity index (χ0n) is 10.7. The fourth-order valence-corrected chi connectivity index (χ4v) is 1.68. The zero-order chi connectivity index (χ0) is 12.3. The number of hydrogen-bond acceptors (Lipinski definition) is 2. The molecule has 2 aromatic rings. The van der Waals surface area contributed by atoms with Crippen LogP contribution < -0.4 is 0 Å². The smallest absolute Gasteiger partial charge is 0.138 e. The molecule has 0 bridgehead atoms. The molecule has 0 saturated carbocycles. The Kier molecular flexibility index (Phi) is 3.27. The molecule has 0 amide bonds. The Labute approximate surface area is 103 Å². The topological polar surface area (TPSA) is 30.7 Å². The first kappa shape index (κ1) is 11.8. The molecule has 1 aromatic carbocycles. The highest BCUT2D eigenvalue weighted by molar-refractivity contribution is 5.33. The lowest BCUT2D eigenvalue weighted by Crippen LogP contribution is -2.06. The summed E-state index contributed by atoms with van der Waals surface area (Å²) in [6.45, 7) is 6.82. The Hall–Kier alpha value is -1.64. The molecule has 17 heavy (non-hydrogen) atoms. The summed E-state index contributed by atoms with van der Waals surface area (Å²) in [6, 6.07) is 8.52. The molecule has 1 aromatic heterocycles. The van der Waals surface area contributed by atoms with Gasteiger partial charge >= 0.3 is 0 Å². The molecule has 0 radical (unpaired) electrons. The van der Waals surface area contributed by atoms with Crippen LogP contribution in [0.4, 0.5) is 0 Å². The molecule has 0 aliphatic carbocycles. The van der Waals surface area contributed by atoms with Crippen LogP contribution in [0.25, 0.3) is 5.69 Å². The Morgan fingerprint density at radius 1 is 1.12 bits per heavy atom. The van der Waals surface area contributed by atoms with Crippen molar-refractivity contribution in [1.29, 1.82) is 0 Å². The molecule has 0 saturated heterocycles. The van der Waals surface area contributed by atoms with Crippen LogP contribution in [0.15, 0.2) is 36.9 Å². The first-order chi connectivity index (χ1) is 8.04. The van der Waals surface area contributed by atoms with Gasteiger partial charge in [0.2, 0.25) is 0 Å². The average Bonchev–Trinajstić information content (AvgIpc) is 2.79. The van der Waals surface area contributed by atoms with Crippen LogP contribution in [-0.2, 0) is 6.42 Å². The van der Waals surface area contributed by atoms with Crippen LogP contribution in [-0.4, -0.2) is 14.8 Å². The largest absolute Gasteiger partial charge is 0.223 e. The molecule has 1 heterocycles. The molecule has 3 nitrogen and oxygen atoms in total. The second-order valence-corrected chi connectivity index (χ2v) is 5.57. The van der Waals surface area contributed by atoms with Crippen LogP contribution in [0, 0.1) is 5.41 Å². The van der Waals surface area contributed by atoms with Gasteiger partial charge < -0.3 is 0 Å². The average molecular weight is 229 g/mol. The normalized spacial score (nSPS) is 11.7. The van der Waals surface area contributed by atoms with Crippen molar-refractivity contribution in [2.75, 3.05) is 0 Å². The summed E-state index contributed by atoms with van der Waals surface area (Å²) in [5.74, 6) is 0. The quantitative estimate of drug-likeness (QED) is 0.809. The van der Waals surface area contributed by atoms with E-state index in [4.69, 9.17) is 0 Å². The summed E-state index contributed by atoms with van der Waals surface area (Å²) in [7, 11) is 0. The first-order valence-electron chi connectivity index (χ1n) is 5.98. The van der Waals surface area contributed by atoms with Crippen molar-refractivity contribution in [3.63, 3.8) is 0 Å². The van der Waals surface area contributed by atoms with Gasteiger partial charge in [0.25, 0.3) is 0 Å². The van der Waals surface area contributed by atoms with Crippen molar-refractivity contribution in [2.24, 2.45) is 5.41 Å². The van der Waals surface area contributed by atoms with Crippen LogP contribution >= 0.6 is 0 Å². The second-order valence-electron chi connectivity index (χ2n) is 5.57. The number of aromatic nitrogens is 3. The van der Waals surface area contributed by atoms with E-state index in [9.17, 15) is 0 Å². The molecule has 0 unspecified atom stereocenters. The SMILES string of the molecule is CC(C)(C)CCc1ccc(-n2cncn2)cc1. The minimum atomic E-state index is 0.393. The van der Waals surface area contributed by atoms with E-state index in [0.717, 1.165) is 12.1 Å². The van der Waals surface area contributed by atoms with Crippen molar-refractivity contribution in [3.8, 4) is 5.69 Å². The van der Waals surface area contributed by atoms with E-state index in [2.05, 4.69) is 55.1 Å². The molecule has 3 heteroatoms. The fraction of sp³-hybridized carbons (Fsp3) is 0.429. The van der Waals surface area contributed by atoms with E-state index in [1.807, 2.05) is 0 Å². The molecule has 0 N–H and O–H groups in total. The van der Waals surface area contributed by atoms with Gasteiger partial charge in [-0.1, -0.05) is 32.9 Å². The summed E-state index contributed by atoms with van der Waals surface area (Å²) in [5.41, 5.74) is 2.83. The number of hydrogen-bond donors (Lipinski definition) is 0. The highest BCUT2D eigenvalue weighted by Crippen LogP contribution is 2.21. The van der Waals surface area contributed by atoms with E-state index in [1.54, 1.807) is 17.3 Å². The molecule has 0 atom stereocenters. The van der Waals surface area contributed by atoms with Gasteiger partial charge in [0.1, 0.15) is 12.7 Å². The van der Waals surface area contributed by atoms with E-state index in [-0.39, 0.29) is 0 Å². The summed E-state index contributed by atoms with van der Waals surface area (Å²) >= 11 is 0. The number of nitrogens with zero attached hydrogens (tertiary/aromatic N) is 3. The van der Waals surface area contributed by atoms with Gasteiger partial charge in [0, 0.05) is 0 Å². The predicted molar refractivity (Wildman–Crippen MR) is 69.1 cm³/mol. The lowest BCUT2D eigenvalue weighted by Gasteiger charge is -2.17. The summed E-state index contributed by atoms with van der Waals surface area (Å²) in [5, 5.41) is 4.11. The van der Waals surface area contributed by atoms with Gasteiger partial charge in [0.15, 0.2) is 0 Å². The molecule has 0 spiro atoms. The van der Waals surface area contributed by atoms with Crippen molar-refractivity contribution in [3.05, 3.63) is 42.5 Å². The summed E-state index contributed by atoms with van der Waals surface area (Å²) in [6.07, 6.45) is 5.59. The van der Waals surface area contributed by atoms with Crippen molar-refractivity contribution in [1.82, 2.24) is 14.8 Å². The van der Waals surface area contributed by atoms with Gasteiger partial charge in [0.05, 0.1) is 5.69 Å². The number of benzene rings is 1. The van der Waals surface area contributed by atoms with E-state index in [1.165, 1.54) is 12.0 Å². The highest BCUT2D eigenvalue weighted by Gasteiger charge is 2.09. The van der Waals surface area contributed by atoms with Crippen molar-refractivity contribution in [2.45, 2.75) is 33.6 Å². The van der Waals surface area contributed by atoms with Gasteiger partial charge in [-0.2, -0.15) is 5.10 Å². The van der Waals surface area contributed by atoms with Crippen LogP contribution in [0.1, 0.15) is 32.8 Å². The molecule has 0 aliphatic rings. The number of rotatable bonds is 3. The second kappa shape index (κ2) is 4.70. The van der Waals surface area contributed by atoms with Gasteiger partial charge in [-0.15, -0.1) is 0 Å². The lowest BCUT2D eigenvalue weighted by atomic mass is 9.89. The fourth-order valence-electron chi connectivity index (χ4n) is 1.68. The molecule has 2 rings (SSSR count). The predicted octanol–water partition coefficient (Wildman–Crippen LogP) is 3.25. The lowest BCUT2D eigenvalue weighted by molar-refractivity contribution is 0.378. The first-order valence-corrected chi connectivity index (χ1v) is 5.98. The highest BCUT2D eigenvalue weighted by atomic mass is 15.3. The standard InChI is InChI=1S/C14H19N3/c1-14(2,3)9-8-12-4-6-13(7-5-12)17-11-15-10-16-17/h4-7,10-11H,8-9H2,1-3H3. The Morgan fingerprint density at radius 2 is 1.82 bits per heavy atom. The van der Waals surface area contributed by atoms with Gasteiger partial charge in [-0.25, -0.2) is 9.67 Å². The van der Waals surface area contributed by atoms with E-state index in [0.29, 0.717) is 5.41 Å². The third-order valence-electron chi connectivity index (χ3n) is 2.78. The summed E-state index contributed by atoms with van der Waals surface area (Å²) < 4.78 is 1.77. The maximum atomic E-state index is 4.11. The maximum Gasteiger partial charge on any atom is 0.138 e. The number of aryl methyl sites for hydroxylation is 1. The molecule has 90 valence electrons. The van der Waals surface area contributed by atoms with Crippen molar-refractivity contribution >= 4 is 0 Å². The Bertz CT molecular complexity index is 449. The molecular weight excluding hydrogens is 210 g/mol. The molecule has 0 fully saturated rings. The minimum Gasteiger partial charge on any atom is -0.223 e. The zero-order valence-corrected chi connectivity index (χ0v) is 10.7. The monoisotopic (exact) mass is 229 g/mol. The van der Waals surface area contributed by atoms with Crippen molar-refractivity contribution < 1.29 is 0 Å². The Morgan fingerprint density at radius 3 is 2.35 bits per heavy atom. The van der Waals surface area contributed by atoms with Gasteiger partial charge in [-0.3, -0.25) is 0 Å². The minimum absolute atomic E-state index is 0.393. The van der Waals surface area contributed by atoms with E-state index >= 15 is 0 Å². The Balaban J connectivity index is 2.04. The molecular formula is C14H19N3. The summed E-state index contributed by atoms with van der Waals surface area (Å²) in [4.78, 5) is 3.94.